The number of fused-ring (bicyclic) bond motifs is 4. The van der Waals surface area contributed by atoms with Crippen LogP contribution in [0.2, 0.25) is 0 Å². The Labute approximate surface area is 228 Å². The molecule has 8 aromatic rings. The second-order valence-corrected chi connectivity index (χ2v) is 10.5. The van der Waals surface area contributed by atoms with Crippen LogP contribution in [0.25, 0.3) is 70.9 Å². The Morgan fingerprint density at radius 1 is 0.692 bits per heavy atom. The minimum atomic E-state index is 0.844. The Bertz CT molecular complexity index is 2090. The first-order valence-corrected chi connectivity index (χ1v) is 13.6. The third kappa shape index (κ3) is 3.59. The lowest BCUT2D eigenvalue weighted by atomic mass is 10.1. The quantitative estimate of drug-likeness (QED) is 0.233. The first-order chi connectivity index (χ1) is 19.3. The van der Waals surface area contributed by atoms with E-state index in [9.17, 15) is 0 Å². The molecule has 0 saturated heterocycles. The highest BCUT2D eigenvalue weighted by atomic mass is 32.1. The van der Waals surface area contributed by atoms with Crippen LogP contribution in [-0.4, -0.2) is 14.5 Å². The lowest BCUT2D eigenvalue weighted by Gasteiger charge is -2.12. The third-order valence-corrected chi connectivity index (χ3v) is 8.27. The number of aromatic nitrogens is 3. The van der Waals surface area contributed by atoms with E-state index in [4.69, 9.17) is 9.40 Å². The molecular formula is C34H21N3OS. The SMILES string of the molecule is c1ccc(-c2cccc(-n3c4cc(-c5nc6ccccc6s5)ccc4c4cccc(-c5ccco5)c43)c2)nc1. The van der Waals surface area contributed by atoms with Crippen molar-refractivity contribution in [3.8, 4) is 38.8 Å². The van der Waals surface area contributed by atoms with Gasteiger partial charge in [-0.3, -0.25) is 4.98 Å². The molecule has 0 amide bonds. The number of thiazole rings is 1. The van der Waals surface area contributed by atoms with Crippen molar-refractivity contribution >= 4 is 43.4 Å². The summed E-state index contributed by atoms with van der Waals surface area (Å²) in [6.45, 7) is 0. The number of benzene rings is 4. The molecule has 8 rings (SSSR count). The van der Waals surface area contributed by atoms with E-state index >= 15 is 0 Å². The van der Waals surface area contributed by atoms with Gasteiger partial charge in [0.2, 0.25) is 0 Å². The average molecular weight is 520 g/mol. The first-order valence-electron chi connectivity index (χ1n) is 12.8. The molecule has 0 fully saturated rings. The summed E-state index contributed by atoms with van der Waals surface area (Å²) in [6.07, 6.45) is 3.57. The highest BCUT2D eigenvalue weighted by molar-refractivity contribution is 7.21. The van der Waals surface area contributed by atoms with E-state index in [1.165, 1.54) is 15.5 Å². The van der Waals surface area contributed by atoms with Crippen molar-refractivity contribution in [3.63, 3.8) is 0 Å². The van der Waals surface area contributed by atoms with Crippen molar-refractivity contribution in [1.29, 1.82) is 0 Å². The summed E-state index contributed by atoms with van der Waals surface area (Å²) in [6, 6.07) is 40.0. The van der Waals surface area contributed by atoms with E-state index in [2.05, 4.69) is 88.4 Å². The van der Waals surface area contributed by atoms with Crippen LogP contribution >= 0.6 is 11.3 Å². The van der Waals surface area contributed by atoms with Gasteiger partial charge in [0, 0.05) is 39.3 Å². The Morgan fingerprint density at radius 2 is 1.62 bits per heavy atom. The summed E-state index contributed by atoms with van der Waals surface area (Å²) in [5.41, 5.74) is 8.51. The van der Waals surface area contributed by atoms with Crippen LogP contribution in [0.15, 0.2) is 132 Å². The summed E-state index contributed by atoms with van der Waals surface area (Å²) < 4.78 is 9.45. The van der Waals surface area contributed by atoms with Crippen LogP contribution in [0, 0.1) is 0 Å². The topological polar surface area (TPSA) is 43.9 Å². The van der Waals surface area contributed by atoms with Gasteiger partial charge in [-0.25, -0.2) is 4.98 Å². The molecule has 0 spiro atoms. The second-order valence-electron chi connectivity index (χ2n) is 9.50. The van der Waals surface area contributed by atoms with Crippen molar-refractivity contribution in [3.05, 3.63) is 128 Å². The lowest BCUT2D eigenvalue weighted by molar-refractivity contribution is 0.583. The monoisotopic (exact) mass is 519 g/mol. The van der Waals surface area contributed by atoms with Crippen LogP contribution in [-0.2, 0) is 0 Å². The van der Waals surface area contributed by atoms with Gasteiger partial charge in [-0.2, -0.15) is 0 Å². The molecule has 0 aliphatic carbocycles. The molecule has 0 radical (unpaired) electrons. The van der Waals surface area contributed by atoms with Crippen LogP contribution in [0.3, 0.4) is 0 Å². The van der Waals surface area contributed by atoms with Gasteiger partial charge in [-0.15, -0.1) is 11.3 Å². The van der Waals surface area contributed by atoms with Gasteiger partial charge in [0.1, 0.15) is 10.8 Å². The van der Waals surface area contributed by atoms with Crippen LogP contribution in [0.1, 0.15) is 0 Å². The van der Waals surface area contributed by atoms with Gasteiger partial charge in [-0.1, -0.05) is 54.6 Å². The van der Waals surface area contributed by atoms with E-state index in [-0.39, 0.29) is 0 Å². The zero-order valence-corrected chi connectivity index (χ0v) is 21.6. The lowest BCUT2D eigenvalue weighted by Crippen LogP contribution is -1.96. The normalized spacial score (nSPS) is 11.6. The van der Waals surface area contributed by atoms with Crippen LogP contribution < -0.4 is 0 Å². The number of pyridine rings is 1. The zero-order chi connectivity index (χ0) is 25.8. The maximum Gasteiger partial charge on any atom is 0.135 e. The number of furan rings is 1. The Kier molecular flexibility index (Phi) is 4.96. The molecule has 0 atom stereocenters. The molecular weight excluding hydrogens is 498 g/mol. The molecule has 4 aromatic heterocycles. The smallest absolute Gasteiger partial charge is 0.135 e. The number of hydrogen-bond acceptors (Lipinski definition) is 4. The summed E-state index contributed by atoms with van der Waals surface area (Å²) in [5.74, 6) is 0.844. The van der Waals surface area contributed by atoms with E-state index < -0.39 is 0 Å². The third-order valence-electron chi connectivity index (χ3n) is 7.18. The molecule has 0 aliphatic heterocycles. The molecule has 39 heavy (non-hydrogen) atoms. The number of rotatable bonds is 4. The summed E-state index contributed by atoms with van der Waals surface area (Å²) in [4.78, 5) is 9.54. The van der Waals surface area contributed by atoms with E-state index in [0.29, 0.717) is 0 Å². The standard InChI is InChI=1S/C34H21N3OS/c1-2-15-32-29(13-1)36-34(39-32)23-16-17-25-26-10-6-11-27(31-14-7-19-38-31)33(26)37(30(25)21-23)24-9-5-8-22(20-24)28-12-3-4-18-35-28/h1-21H. The maximum atomic E-state index is 5.90. The predicted octanol–water partition coefficient (Wildman–Crippen LogP) is 9.38. The van der Waals surface area contributed by atoms with Crippen LogP contribution in [0.4, 0.5) is 0 Å². The van der Waals surface area contributed by atoms with E-state index in [1.807, 2.05) is 42.6 Å². The largest absolute Gasteiger partial charge is 0.464 e. The molecule has 0 saturated carbocycles. The fourth-order valence-corrected chi connectivity index (χ4v) is 6.39. The highest BCUT2D eigenvalue weighted by Gasteiger charge is 2.19. The minimum Gasteiger partial charge on any atom is -0.464 e. The van der Waals surface area contributed by atoms with E-state index in [0.717, 1.165) is 55.4 Å². The summed E-state index contributed by atoms with van der Waals surface area (Å²) in [7, 11) is 0. The van der Waals surface area contributed by atoms with Gasteiger partial charge < -0.3 is 8.98 Å². The molecule has 184 valence electrons. The average Bonchev–Trinajstić information content (AvgIpc) is 3.75. The molecule has 5 heteroatoms. The van der Waals surface area contributed by atoms with Crippen molar-refractivity contribution in [2.75, 3.05) is 0 Å². The molecule has 0 N–H and O–H groups in total. The van der Waals surface area contributed by atoms with E-state index in [1.54, 1.807) is 17.6 Å². The Morgan fingerprint density at radius 3 is 2.49 bits per heavy atom. The van der Waals surface area contributed by atoms with Crippen LogP contribution in [0.5, 0.6) is 0 Å². The molecule has 4 heterocycles. The molecule has 0 unspecified atom stereocenters. The van der Waals surface area contributed by atoms with Gasteiger partial charge in [0.25, 0.3) is 0 Å². The zero-order valence-electron chi connectivity index (χ0n) is 20.8. The van der Waals surface area contributed by atoms with Gasteiger partial charge in [0.05, 0.1) is 33.2 Å². The van der Waals surface area contributed by atoms with Gasteiger partial charge >= 0.3 is 0 Å². The van der Waals surface area contributed by atoms with Crippen molar-refractivity contribution < 1.29 is 4.42 Å². The fraction of sp³-hybridized carbons (Fsp3) is 0. The molecule has 0 aliphatic rings. The first kappa shape index (κ1) is 22.0. The number of para-hydroxylation sites is 2. The molecule has 0 bridgehead atoms. The Balaban J connectivity index is 1.44. The van der Waals surface area contributed by atoms with Crippen molar-refractivity contribution in [2.24, 2.45) is 0 Å². The van der Waals surface area contributed by atoms with Crippen molar-refractivity contribution in [2.45, 2.75) is 0 Å². The minimum absolute atomic E-state index is 0.844. The molecule has 4 nitrogen and oxygen atoms in total. The maximum absolute atomic E-state index is 5.90. The molecule has 4 aromatic carbocycles. The highest BCUT2D eigenvalue weighted by Crippen LogP contribution is 2.41. The van der Waals surface area contributed by atoms with Gasteiger partial charge in [-0.05, 0) is 60.7 Å². The predicted molar refractivity (Wildman–Crippen MR) is 160 cm³/mol. The number of hydrogen-bond donors (Lipinski definition) is 0. The second kappa shape index (κ2) is 8.79. The van der Waals surface area contributed by atoms with Gasteiger partial charge in [0.15, 0.2) is 0 Å². The number of nitrogens with zero attached hydrogens (tertiary/aromatic N) is 3. The fourth-order valence-electron chi connectivity index (χ4n) is 5.43. The summed E-state index contributed by atoms with van der Waals surface area (Å²) >= 11 is 1.72. The Hall–Kier alpha value is -5.00. The summed E-state index contributed by atoms with van der Waals surface area (Å²) in [5, 5.41) is 3.38. The van der Waals surface area contributed by atoms with Crippen molar-refractivity contribution in [1.82, 2.24) is 14.5 Å².